The van der Waals surface area contributed by atoms with Gasteiger partial charge >= 0.3 is 0 Å². The molecule has 15 heavy (non-hydrogen) atoms. The number of nitrogen functional groups attached to an aromatic ring is 1. The Hall–Kier alpha value is -1.29. The number of benzene rings is 1. The maximum absolute atomic E-state index is 12.9. The summed E-state index contributed by atoms with van der Waals surface area (Å²) in [6.45, 7) is 0. The molecule has 1 aromatic carbocycles. The van der Waals surface area contributed by atoms with Gasteiger partial charge in [-0.15, -0.1) is 0 Å². The molecule has 0 aromatic heterocycles. The predicted octanol–water partition coefficient (Wildman–Crippen LogP) is 1.70. The minimum absolute atomic E-state index is 0.0518. The van der Waals surface area contributed by atoms with Gasteiger partial charge < -0.3 is 15.6 Å². The summed E-state index contributed by atoms with van der Waals surface area (Å²) in [5.41, 5.74) is 6.08. The minimum Gasteiger partial charge on any atom is -0.488 e. The van der Waals surface area contributed by atoms with Crippen molar-refractivity contribution in [3.63, 3.8) is 0 Å². The molecule has 3 N–H and O–H groups in total. The second-order valence-corrected chi connectivity index (χ2v) is 3.89. The van der Waals surface area contributed by atoms with Crippen molar-refractivity contribution < 1.29 is 14.2 Å². The number of anilines is 1. The molecule has 1 saturated carbocycles. The molecule has 2 atom stereocenters. The van der Waals surface area contributed by atoms with E-state index in [-0.39, 0.29) is 18.0 Å². The normalized spacial score (nSPS) is 25.5. The summed E-state index contributed by atoms with van der Waals surface area (Å²) in [5.74, 6) is 0.00634. The molecule has 1 aliphatic rings. The Bertz CT molecular complexity index is 356. The second-order valence-electron chi connectivity index (χ2n) is 3.89. The third-order valence-corrected chi connectivity index (χ3v) is 2.63. The second kappa shape index (κ2) is 4.06. The fraction of sp³-hybridized carbons (Fsp3) is 0.455. The van der Waals surface area contributed by atoms with Gasteiger partial charge in [0.2, 0.25) is 0 Å². The number of aliphatic hydroxyl groups excluding tert-OH is 1. The highest BCUT2D eigenvalue weighted by molar-refractivity contribution is 5.52. The molecular formula is C11H14FNO2. The summed E-state index contributed by atoms with van der Waals surface area (Å²) in [6, 6.07) is 4.06. The number of halogens is 1. The summed E-state index contributed by atoms with van der Waals surface area (Å²) in [4.78, 5) is 0. The average Bonchev–Trinajstić information content (AvgIpc) is 2.58. The van der Waals surface area contributed by atoms with E-state index in [4.69, 9.17) is 10.5 Å². The molecule has 0 bridgehead atoms. The van der Waals surface area contributed by atoms with Gasteiger partial charge in [0.15, 0.2) is 0 Å². The largest absolute Gasteiger partial charge is 0.488 e. The zero-order valence-corrected chi connectivity index (χ0v) is 8.32. The predicted molar refractivity (Wildman–Crippen MR) is 55.1 cm³/mol. The Morgan fingerprint density at radius 2 is 2.20 bits per heavy atom. The molecule has 3 nitrogen and oxygen atoms in total. The highest BCUT2D eigenvalue weighted by atomic mass is 19.1. The van der Waals surface area contributed by atoms with Crippen molar-refractivity contribution in [2.45, 2.75) is 31.5 Å². The van der Waals surface area contributed by atoms with Crippen molar-refractivity contribution in [1.29, 1.82) is 0 Å². The number of aliphatic hydroxyl groups is 1. The highest BCUT2D eigenvalue weighted by Crippen LogP contribution is 2.28. The van der Waals surface area contributed by atoms with Gasteiger partial charge in [-0.25, -0.2) is 4.39 Å². The van der Waals surface area contributed by atoms with Gasteiger partial charge in [-0.2, -0.15) is 0 Å². The Kier molecular flexibility index (Phi) is 2.77. The zero-order valence-electron chi connectivity index (χ0n) is 8.32. The van der Waals surface area contributed by atoms with Crippen LogP contribution in [0.2, 0.25) is 0 Å². The summed E-state index contributed by atoms with van der Waals surface area (Å²) in [7, 11) is 0. The molecule has 0 heterocycles. The number of ether oxygens (including phenoxy) is 1. The quantitative estimate of drug-likeness (QED) is 0.732. The van der Waals surface area contributed by atoms with E-state index >= 15 is 0 Å². The lowest BCUT2D eigenvalue weighted by Gasteiger charge is -2.14. The number of hydrogen-bond acceptors (Lipinski definition) is 3. The van der Waals surface area contributed by atoms with Crippen molar-refractivity contribution >= 4 is 5.69 Å². The highest BCUT2D eigenvalue weighted by Gasteiger charge is 2.24. The number of nitrogens with two attached hydrogens (primary N) is 1. The van der Waals surface area contributed by atoms with Crippen LogP contribution in [-0.2, 0) is 0 Å². The Labute approximate surface area is 87.7 Å². The molecule has 1 aliphatic carbocycles. The maximum atomic E-state index is 12.9. The fourth-order valence-corrected chi connectivity index (χ4v) is 1.81. The lowest BCUT2D eigenvalue weighted by atomic mass is 10.2. The van der Waals surface area contributed by atoms with E-state index in [0.29, 0.717) is 17.9 Å². The van der Waals surface area contributed by atoms with Crippen LogP contribution < -0.4 is 10.5 Å². The van der Waals surface area contributed by atoms with Crippen LogP contribution in [0, 0.1) is 5.82 Å². The average molecular weight is 211 g/mol. The van der Waals surface area contributed by atoms with Gasteiger partial charge in [0.05, 0.1) is 11.8 Å². The first-order valence-corrected chi connectivity index (χ1v) is 5.05. The smallest absolute Gasteiger partial charge is 0.145 e. The van der Waals surface area contributed by atoms with Crippen molar-refractivity contribution in [1.82, 2.24) is 0 Å². The Morgan fingerprint density at radius 1 is 1.40 bits per heavy atom. The first kappa shape index (κ1) is 10.2. The molecule has 0 aliphatic heterocycles. The summed E-state index contributed by atoms with van der Waals surface area (Å²) in [5, 5.41) is 9.32. The van der Waals surface area contributed by atoms with E-state index in [2.05, 4.69) is 0 Å². The van der Waals surface area contributed by atoms with Gasteiger partial charge in [-0.1, -0.05) is 0 Å². The van der Waals surface area contributed by atoms with Crippen LogP contribution in [0.4, 0.5) is 10.1 Å². The van der Waals surface area contributed by atoms with E-state index in [0.717, 1.165) is 12.8 Å². The molecule has 1 aromatic rings. The third-order valence-electron chi connectivity index (χ3n) is 2.63. The third kappa shape index (κ3) is 2.39. The van der Waals surface area contributed by atoms with Crippen molar-refractivity contribution in [2.75, 3.05) is 5.73 Å². The molecular weight excluding hydrogens is 197 g/mol. The SMILES string of the molecule is Nc1ccc(F)cc1OC1CCC(O)C1. The topological polar surface area (TPSA) is 55.5 Å². The first-order valence-electron chi connectivity index (χ1n) is 5.05. The lowest BCUT2D eigenvalue weighted by Crippen LogP contribution is -2.14. The van der Waals surface area contributed by atoms with Crippen LogP contribution >= 0.6 is 0 Å². The molecule has 0 spiro atoms. The van der Waals surface area contributed by atoms with Gasteiger partial charge in [0.1, 0.15) is 17.7 Å². The molecule has 2 unspecified atom stereocenters. The van der Waals surface area contributed by atoms with E-state index in [9.17, 15) is 9.50 Å². The molecule has 2 rings (SSSR count). The Balaban J connectivity index is 2.07. The number of rotatable bonds is 2. The molecule has 0 radical (unpaired) electrons. The monoisotopic (exact) mass is 211 g/mol. The summed E-state index contributed by atoms with van der Waals surface area (Å²) in [6.07, 6.45) is 1.77. The van der Waals surface area contributed by atoms with Crippen LogP contribution in [0.3, 0.4) is 0 Å². The molecule has 1 fully saturated rings. The fourth-order valence-electron chi connectivity index (χ4n) is 1.81. The number of hydrogen-bond donors (Lipinski definition) is 2. The van der Waals surface area contributed by atoms with E-state index in [1.54, 1.807) is 0 Å². The lowest BCUT2D eigenvalue weighted by molar-refractivity contribution is 0.150. The zero-order chi connectivity index (χ0) is 10.8. The van der Waals surface area contributed by atoms with Gasteiger partial charge in [-0.3, -0.25) is 0 Å². The first-order chi connectivity index (χ1) is 7.15. The van der Waals surface area contributed by atoms with Crippen molar-refractivity contribution in [3.8, 4) is 5.75 Å². The van der Waals surface area contributed by atoms with Crippen LogP contribution in [0.5, 0.6) is 5.75 Å². The molecule has 82 valence electrons. The van der Waals surface area contributed by atoms with Crippen molar-refractivity contribution in [2.24, 2.45) is 0 Å². The van der Waals surface area contributed by atoms with E-state index < -0.39 is 0 Å². The Morgan fingerprint density at radius 3 is 2.87 bits per heavy atom. The van der Waals surface area contributed by atoms with Gasteiger partial charge in [-0.05, 0) is 25.0 Å². The summed E-state index contributed by atoms with van der Waals surface area (Å²) >= 11 is 0. The van der Waals surface area contributed by atoms with E-state index in [1.807, 2.05) is 0 Å². The maximum Gasteiger partial charge on any atom is 0.145 e. The van der Waals surface area contributed by atoms with Gasteiger partial charge in [0.25, 0.3) is 0 Å². The summed E-state index contributed by atoms with van der Waals surface area (Å²) < 4.78 is 18.4. The van der Waals surface area contributed by atoms with Crippen LogP contribution in [-0.4, -0.2) is 17.3 Å². The van der Waals surface area contributed by atoms with Crippen molar-refractivity contribution in [3.05, 3.63) is 24.0 Å². The molecule has 0 amide bonds. The van der Waals surface area contributed by atoms with Gasteiger partial charge in [0, 0.05) is 12.5 Å². The van der Waals surface area contributed by atoms with Crippen LogP contribution in [0.25, 0.3) is 0 Å². The molecule has 4 heteroatoms. The van der Waals surface area contributed by atoms with E-state index in [1.165, 1.54) is 18.2 Å². The van der Waals surface area contributed by atoms with Crippen LogP contribution in [0.1, 0.15) is 19.3 Å². The minimum atomic E-state index is -0.363. The van der Waals surface area contributed by atoms with Crippen LogP contribution in [0.15, 0.2) is 18.2 Å². The standard InChI is InChI=1S/C11H14FNO2/c12-7-1-4-10(13)11(5-7)15-9-3-2-8(14)6-9/h1,4-5,8-9,14H,2-3,6,13H2. The molecule has 0 saturated heterocycles.